The van der Waals surface area contributed by atoms with Crippen LogP contribution in [-0.2, 0) is 6.54 Å². The summed E-state index contributed by atoms with van der Waals surface area (Å²) in [6.07, 6.45) is 5.61. The second kappa shape index (κ2) is 6.85. The van der Waals surface area contributed by atoms with Crippen LogP contribution in [0.5, 0.6) is 0 Å². The molecule has 2 rings (SSSR count). The van der Waals surface area contributed by atoms with Crippen LogP contribution in [0.15, 0.2) is 18.7 Å². The molecule has 7 heteroatoms. The molecular formula is C12H18N4O2S. The van der Waals surface area contributed by atoms with Gasteiger partial charge in [0, 0.05) is 36.8 Å². The van der Waals surface area contributed by atoms with Gasteiger partial charge in [0.15, 0.2) is 0 Å². The van der Waals surface area contributed by atoms with Gasteiger partial charge in [-0.2, -0.15) is 11.8 Å². The summed E-state index contributed by atoms with van der Waals surface area (Å²) in [6.45, 7) is 0.907. The molecule has 2 aliphatic heterocycles. The third kappa shape index (κ3) is 3.66. The van der Waals surface area contributed by atoms with E-state index in [1.807, 2.05) is 6.26 Å². The number of hydrogen-bond donors (Lipinski definition) is 4. The third-order valence-electron chi connectivity index (χ3n) is 2.84. The third-order valence-corrected chi connectivity index (χ3v) is 3.52. The number of H-pyrrole nitrogens is 1. The lowest BCUT2D eigenvalue weighted by Crippen LogP contribution is -2.37. The second-order valence-electron chi connectivity index (χ2n) is 4.31. The molecule has 0 bridgehead atoms. The quantitative estimate of drug-likeness (QED) is 0.575. The summed E-state index contributed by atoms with van der Waals surface area (Å²) in [5.41, 5.74) is 2.66. The molecule has 2 aliphatic rings. The average Bonchev–Trinajstić information content (AvgIpc) is 2.82. The van der Waals surface area contributed by atoms with Crippen LogP contribution in [0.1, 0.15) is 5.56 Å². The van der Waals surface area contributed by atoms with Gasteiger partial charge in [-0.25, -0.2) is 4.98 Å². The molecule has 2 heterocycles. The summed E-state index contributed by atoms with van der Waals surface area (Å²) in [6, 6.07) is 0. The average molecular weight is 282 g/mol. The van der Waals surface area contributed by atoms with Crippen LogP contribution >= 0.6 is 11.8 Å². The van der Waals surface area contributed by atoms with Crippen molar-refractivity contribution in [1.29, 1.82) is 0 Å². The van der Waals surface area contributed by atoms with Crippen molar-refractivity contribution in [2.45, 2.75) is 18.8 Å². The minimum atomic E-state index is -0.761. The molecule has 0 aliphatic carbocycles. The van der Waals surface area contributed by atoms with Crippen molar-refractivity contribution in [1.82, 2.24) is 20.3 Å². The smallest absolute Gasteiger partial charge is 0.105 e. The maximum absolute atomic E-state index is 9.73. The number of aliphatic hydroxyl groups excluding tert-OH is 2. The fourth-order valence-corrected chi connectivity index (χ4v) is 2.37. The predicted molar refractivity (Wildman–Crippen MR) is 75.1 cm³/mol. The van der Waals surface area contributed by atoms with E-state index in [1.54, 1.807) is 18.7 Å². The molecular weight excluding hydrogens is 264 g/mol. The van der Waals surface area contributed by atoms with Gasteiger partial charge in [-0.15, -0.1) is 0 Å². The highest BCUT2D eigenvalue weighted by Crippen LogP contribution is 2.20. The zero-order valence-electron chi connectivity index (χ0n) is 10.7. The lowest BCUT2D eigenvalue weighted by molar-refractivity contribution is 0.0347. The molecule has 0 spiro atoms. The first-order valence-corrected chi connectivity index (χ1v) is 7.44. The minimum Gasteiger partial charge on any atom is -0.390 e. The number of rotatable bonds is 7. The summed E-state index contributed by atoms with van der Waals surface area (Å²) in [4.78, 5) is 11.3. The van der Waals surface area contributed by atoms with E-state index in [0.717, 1.165) is 17.0 Å². The summed E-state index contributed by atoms with van der Waals surface area (Å²) in [5, 5.41) is 22.4. The first kappa shape index (κ1) is 14.3. The Morgan fingerprint density at radius 2 is 2.21 bits per heavy atom. The van der Waals surface area contributed by atoms with Gasteiger partial charge in [0.05, 0.1) is 24.2 Å². The van der Waals surface area contributed by atoms with Gasteiger partial charge < -0.3 is 20.5 Å². The summed E-state index contributed by atoms with van der Waals surface area (Å²) in [7, 11) is 0. The molecule has 0 amide bonds. The van der Waals surface area contributed by atoms with Crippen molar-refractivity contribution in [3.05, 3.63) is 24.3 Å². The minimum absolute atomic E-state index is 0.341. The Kier molecular flexibility index (Phi) is 5.15. The molecule has 19 heavy (non-hydrogen) atoms. The van der Waals surface area contributed by atoms with E-state index in [1.165, 1.54) is 11.8 Å². The second-order valence-corrected chi connectivity index (χ2v) is 5.22. The highest BCUT2D eigenvalue weighted by Gasteiger charge is 2.16. The van der Waals surface area contributed by atoms with E-state index in [4.69, 9.17) is 0 Å². The normalized spacial score (nSPS) is 14.7. The van der Waals surface area contributed by atoms with E-state index in [-0.39, 0.29) is 0 Å². The van der Waals surface area contributed by atoms with Gasteiger partial charge in [-0.05, 0) is 6.26 Å². The lowest BCUT2D eigenvalue weighted by Gasteiger charge is -2.17. The van der Waals surface area contributed by atoms with Crippen molar-refractivity contribution in [2.24, 2.45) is 0 Å². The lowest BCUT2D eigenvalue weighted by atomic mass is 10.2. The molecule has 0 aromatic carbocycles. The van der Waals surface area contributed by atoms with E-state index in [0.29, 0.717) is 18.8 Å². The molecule has 2 atom stereocenters. The zero-order chi connectivity index (χ0) is 13.7. The molecule has 0 aromatic heterocycles. The van der Waals surface area contributed by atoms with Crippen molar-refractivity contribution in [3.8, 4) is 11.4 Å². The number of aromatic amines is 1. The van der Waals surface area contributed by atoms with E-state index < -0.39 is 12.2 Å². The number of aromatic nitrogens is 3. The topological polar surface area (TPSA) is 94.1 Å². The number of aliphatic hydroxyl groups is 2. The van der Waals surface area contributed by atoms with Crippen molar-refractivity contribution < 1.29 is 10.2 Å². The molecule has 0 saturated carbocycles. The molecule has 0 fully saturated rings. The highest BCUT2D eigenvalue weighted by atomic mass is 32.2. The SMILES string of the molecule is CSC[C@H](O)[C@@H](O)CNCc1cnc2c[nH]cnc1-2. The fourth-order valence-electron chi connectivity index (χ4n) is 1.81. The van der Waals surface area contributed by atoms with E-state index in [2.05, 4.69) is 20.3 Å². The Labute approximate surface area is 116 Å². The summed E-state index contributed by atoms with van der Waals surface area (Å²) < 4.78 is 0. The van der Waals surface area contributed by atoms with Crippen LogP contribution in [0, 0.1) is 0 Å². The van der Waals surface area contributed by atoms with Crippen LogP contribution in [0.25, 0.3) is 11.4 Å². The largest absolute Gasteiger partial charge is 0.390 e. The van der Waals surface area contributed by atoms with Crippen molar-refractivity contribution in [2.75, 3.05) is 18.6 Å². The van der Waals surface area contributed by atoms with Crippen LogP contribution in [-0.4, -0.2) is 55.9 Å². The van der Waals surface area contributed by atoms with Gasteiger partial charge in [0.25, 0.3) is 0 Å². The molecule has 104 valence electrons. The zero-order valence-corrected chi connectivity index (χ0v) is 11.5. The molecule has 4 N–H and O–H groups in total. The fraction of sp³-hybridized carbons (Fsp3) is 0.500. The predicted octanol–water partition coefficient (Wildman–Crippen LogP) is 0.0839. The highest BCUT2D eigenvalue weighted by molar-refractivity contribution is 7.98. The number of fused-ring (bicyclic) bond motifs is 1. The maximum atomic E-state index is 9.73. The number of thioether (sulfide) groups is 1. The Morgan fingerprint density at radius 1 is 1.37 bits per heavy atom. The van der Waals surface area contributed by atoms with Gasteiger partial charge in [-0.1, -0.05) is 0 Å². The monoisotopic (exact) mass is 282 g/mol. The number of nitrogens with zero attached hydrogens (tertiary/aromatic N) is 2. The first-order valence-electron chi connectivity index (χ1n) is 6.04. The Morgan fingerprint density at radius 3 is 3.00 bits per heavy atom. The Hall–Kier alpha value is -1.15. The van der Waals surface area contributed by atoms with Gasteiger partial charge in [-0.3, -0.25) is 4.98 Å². The van der Waals surface area contributed by atoms with Crippen molar-refractivity contribution >= 4 is 11.8 Å². The number of hydrogen-bond acceptors (Lipinski definition) is 6. The summed E-state index contributed by atoms with van der Waals surface area (Å²) >= 11 is 1.51. The van der Waals surface area contributed by atoms with E-state index in [9.17, 15) is 10.2 Å². The van der Waals surface area contributed by atoms with Crippen molar-refractivity contribution in [3.63, 3.8) is 0 Å². The molecule has 0 radical (unpaired) electrons. The molecule has 6 nitrogen and oxygen atoms in total. The Bertz CT molecular complexity index is 479. The standard InChI is InChI=1S/C12H18N4O2S/c1-19-6-11(18)10(17)5-13-2-8-3-15-9-4-14-7-16-12(8)9/h3-4,7,10-11,13,17-18H,2,5-6H2,1H3,(H,14,16)/t10-,11-/m0/s1. The van der Waals surface area contributed by atoms with Gasteiger partial charge in [0.2, 0.25) is 0 Å². The molecule has 0 saturated heterocycles. The van der Waals surface area contributed by atoms with E-state index >= 15 is 0 Å². The maximum Gasteiger partial charge on any atom is 0.105 e. The number of nitrogens with one attached hydrogen (secondary N) is 2. The summed E-state index contributed by atoms with van der Waals surface area (Å²) in [5.74, 6) is 0.529. The Balaban J connectivity index is 1.83. The van der Waals surface area contributed by atoms with Crippen LogP contribution < -0.4 is 5.32 Å². The molecule has 0 unspecified atom stereocenters. The first-order chi connectivity index (χ1) is 9.22. The van der Waals surface area contributed by atoms with Gasteiger partial charge >= 0.3 is 0 Å². The van der Waals surface area contributed by atoms with Crippen LogP contribution in [0.3, 0.4) is 0 Å². The molecule has 0 aromatic rings. The van der Waals surface area contributed by atoms with Crippen LogP contribution in [0.4, 0.5) is 0 Å². The van der Waals surface area contributed by atoms with Gasteiger partial charge in [0.1, 0.15) is 5.69 Å². The van der Waals surface area contributed by atoms with Crippen LogP contribution in [0.2, 0.25) is 0 Å².